The van der Waals surface area contributed by atoms with Crippen LogP contribution in [0.3, 0.4) is 0 Å². The number of nitrogens with zero attached hydrogens (tertiary/aromatic N) is 1. The highest BCUT2D eigenvalue weighted by atomic mass is 32.2. The van der Waals surface area contributed by atoms with E-state index in [-0.39, 0.29) is 16.8 Å². The Kier molecular flexibility index (Phi) is 4.56. The summed E-state index contributed by atoms with van der Waals surface area (Å²) in [6, 6.07) is 12.1. The summed E-state index contributed by atoms with van der Waals surface area (Å²) in [6.45, 7) is 4.06. The molecule has 2 aromatic rings. The number of benzene rings is 2. The Morgan fingerprint density at radius 2 is 1.88 bits per heavy atom. The van der Waals surface area contributed by atoms with E-state index in [1.54, 1.807) is 42.5 Å². The summed E-state index contributed by atoms with van der Waals surface area (Å²) < 4.78 is 26.6. The molecule has 1 heterocycles. The highest BCUT2D eigenvalue weighted by Crippen LogP contribution is 2.42. The minimum atomic E-state index is -3.56. The van der Waals surface area contributed by atoms with Crippen LogP contribution in [-0.2, 0) is 10.0 Å². The third-order valence-corrected chi connectivity index (χ3v) is 6.34. The molecule has 25 heavy (non-hydrogen) atoms. The summed E-state index contributed by atoms with van der Waals surface area (Å²) >= 11 is 0. The van der Waals surface area contributed by atoms with Crippen LogP contribution in [0.15, 0.2) is 47.4 Å². The number of nitrogens with one attached hydrogen (secondary N) is 1. The highest BCUT2D eigenvalue weighted by Gasteiger charge is 2.32. The summed E-state index contributed by atoms with van der Waals surface area (Å²) in [5.41, 5.74) is 2.50. The molecule has 0 unspecified atom stereocenters. The largest absolute Gasteiger partial charge is 0.350 e. The Bertz CT molecular complexity index is 922. The van der Waals surface area contributed by atoms with Crippen molar-refractivity contribution in [3.63, 3.8) is 0 Å². The monoisotopic (exact) mass is 358 g/mol. The molecular weight excluding hydrogens is 336 g/mol. The van der Waals surface area contributed by atoms with Gasteiger partial charge < -0.3 is 5.32 Å². The second-order valence-corrected chi connectivity index (χ2v) is 8.30. The smallest absolute Gasteiger partial charge is 0.264 e. The standard InChI is InChI=1S/C19H22N2O3S/c1-4-7-13(2)20-19(22)14-10-11-17-16(12-14)15-8-5-6-9-18(15)25(23,24)21(17)3/h5-6,8-13H,4,7H2,1-3H3,(H,20,22)/t13-/m1/s1. The van der Waals surface area contributed by atoms with Crippen LogP contribution in [0.5, 0.6) is 0 Å². The van der Waals surface area contributed by atoms with Crippen LogP contribution in [0.4, 0.5) is 5.69 Å². The predicted octanol–water partition coefficient (Wildman–Crippen LogP) is 3.41. The van der Waals surface area contributed by atoms with Gasteiger partial charge in [0.2, 0.25) is 0 Å². The van der Waals surface area contributed by atoms with Crippen molar-refractivity contribution in [1.82, 2.24) is 5.32 Å². The Morgan fingerprint density at radius 1 is 1.16 bits per heavy atom. The molecule has 0 saturated heterocycles. The molecule has 1 N–H and O–H groups in total. The van der Waals surface area contributed by atoms with E-state index in [9.17, 15) is 13.2 Å². The average Bonchev–Trinajstić information content (AvgIpc) is 2.59. The van der Waals surface area contributed by atoms with Gasteiger partial charge in [-0.2, -0.15) is 0 Å². The third kappa shape index (κ3) is 3.02. The van der Waals surface area contributed by atoms with Gasteiger partial charge in [0.05, 0.1) is 10.6 Å². The Morgan fingerprint density at radius 3 is 2.60 bits per heavy atom. The molecule has 132 valence electrons. The number of carbonyl (C=O) groups excluding carboxylic acids is 1. The zero-order chi connectivity index (χ0) is 18.2. The number of carbonyl (C=O) groups is 1. The number of hydrogen-bond donors (Lipinski definition) is 1. The second kappa shape index (κ2) is 6.52. The van der Waals surface area contributed by atoms with Crippen molar-refractivity contribution in [2.75, 3.05) is 11.4 Å². The van der Waals surface area contributed by atoms with Gasteiger partial charge in [-0.1, -0.05) is 31.5 Å². The summed E-state index contributed by atoms with van der Waals surface area (Å²) in [5.74, 6) is -0.141. The minimum Gasteiger partial charge on any atom is -0.350 e. The third-order valence-electron chi connectivity index (χ3n) is 4.51. The quantitative estimate of drug-likeness (QED) is 0.911. The fourth-order valence-electron chi connectivity index (χ4n) is 3.17. The summed E-state index contributed by atoms with van der Waals surface area (Å²) in [4.78, 5) is 12.8. The molecule has 6 heteroatoms. The van der Waals surface area contributed by atoms with E-state index in [0.717, 1.165) is 18.4 Å². The predicted molar refractivity (Wildman–Crippen MR) is 99.3 cm³/mol. The SMILES string of the molecule is CCC[C@@H](C)NC(=O)c1ccc2c(c1)-c1ccccc1S(=O)(=O)N2C. The van der Waals surface area contributed by atoms with E-state index < -0.39 is 10.0 Å². The molecule has 0 spiro atoms. The van der Waals surface area contributed by atoms with Crippen LogP contribution in [0.1, 0.15) is 37.0 Å². The van der Waals surface area contributed by atoms with E-state index in [2.05, 4.69) is 12.2 Å². The molecule has 5 nitrogen and oxygen atoms in total. The van der Waals surface area contributed by atoms with Gasteiger partial charge in [0.15, 0.2) is 0 Å². The molecular formula is C19H22N2O3S. The van der Waals surface area contributed by atoms with Gasteiger partial charge in [-0.3, -0.25) is 9.10 Å². The minimum absolute atomic E-state index is 0.101. The molecule has 0 saturated carbocycles. The first-order valence-corrected chi connectivity index (χ1v) is 9.83. The number of fused-ring (bicyclic) bond motifs is 3. The number of anilines is 1. The molecule has 1 amide bonds. The van der Waals surface area contributed by atoms with Crippen LogP contribution >= 0.6 is 0 Å². The van der Waals surface area contributed by atoms with Gasteiger partial charge in [0.1, 0.15) is 0 Å². The Hall–Kier alpha value is -2.34. The van der Waals surface area contributed by atoms with Crippen LogP contribution in [0, 0.1) is 0 Å². The topological polar surface area (TPSA) is 66.5 Å². The van der Waals surface area contributed by atoms with E-state index in [1.807, 2.05) is 6.92 Å². The van der Waals surface area contributed by atoms with Gasteiger partial charge in [-0.05, 0) is 37.6 Å². The summed E-state index contributed by atoms with van der Waals surface area (Å²) in [6.07, 6.45) is 1.92. The maximum absolute atomic E-state index is 12.6. The van der Waals surface area contributed by atoms with Crippen molar-refractivity contribution < 1.29 is 13.2 Å². The maximum atomic E-state index is 12.6. The molecule has 0 radical (unpaired) electrons. The molecule has 0 bridgehead atoms. The van der Waals surface area contributed by atoms with Crippen molar-refractivity contribution >= 4 is 21.6 Å². The van der Waals surface area contributed by atoms with Crippen molar-refractivity contribution in [1.29, 1.82) is 0 Å². The van der Waals surface area contributed by atoms with Crippen molar-refractivity contribution in [2.24, 2.45) is 0 Å². The van der Waals surface area contributed by atoms with Gasteiger partial charge in [-0.15, -0.1) is 0 Å². The lowest BCUT2D eigenvalue weighted by Gasteiger charge is -2.29. The average molecular weight is 358 g/mol. The zero-order valence-corrected chi connectivity index (χ0v) is 15.4. The fourth-order valence-corrected chi connectivity index (χ4v) is 4.59. The first kappa shape index (κ1) is 17.5. The van der Waals surface area contributed by atoms with Gasteiger partial charge in [0.25, 0.3) is 15.9 Å². The van der Waals surface area contributed by atoms with E-state index in [0.29, 0.717) is 16.8 Å². The molecule has 1 atom stereocenters. The van der Waals surface area contributed by atoms with Crippen LogP contribution in [-0.4, -0.2) is 27.4 Å². The Balaban J connectivity index is 2.05. The molecule has 0 aromatic heterocycles. The van der Waals surface area contributed by atoms with Crippen LogP contribution in [0.25, 0.3) is 11.1 Å². The van der Waals surface area contributed by atoms with Gasteiger partial charge in [-0.25, -0.2) is 8.42 Å². The van der Waals surface area contributed by atoms with E-state index in [4.69, 9.17) is 0 Å². The lowest BCUT2D eigenvalue weighted by Crippen LogP contribution is -2.33. The first-order valence-electron chi connectivity index (χ1n) is 8.39. The molecule has 0 fully saturated rings. The van der Waals surface area contributed by atoms with E-state index >= 15 is 0 Å². The zero-order valence-electron chi connectivity index (χ0n) is 14.6. The second-order valence-electron chi connectivity index (χ2n) is 6.36. The number of sulfonamides is 1. The normalized spacial score (nSPS) is 15.9. The molecule has 3 rings (SSSR count). The molecule has 1 aliphatic heterocycles. The number of hydrogen-bond acceptors (Lipinski definition) is 3. The molecule has 2 aromatic carbocycles. The molecule has 0 aliphatic carbocycles. The van der Waals surface area contributed by atoms with Crippen molar-refractivity contribution in [3.8, 4) is 11.1 Å². The number of rotatable bonds is 4. The first-order chi connectivity index (χ1) is 11.9. The fraction of sp³-hybridized carbons (Fsp3) is 0.316. The van der Waals surface area contributed by atoms with Gasteiger partial charge in [0, 0.05) is 29.8 Å². The van der Waals surface area contributed by atoms with Crippen LogP contribution < -0.4 is 9.62 Å². The summed E-state index contributed by atoms with van der Waals surface area (Å²) in [7, 11) is -2.03. The highest BCUT2D eigenvalue weighted by molar-refractivity contribution is 7.93. The molecule has 1 aliphatic rings. The van der Waals surface area contributed by atoms with Crippen molar-refractivity contribution in [2.45, 2.75) is 37.6 Å². The summed E-state index contributed by atoms with van der Waals surface area (Å²) in [5, 5.41) is 2.98. The Labute approximate surface area is 148 Å². The van der Waals surface area contributed by atoms with Gasteiger partial charge >= 0.3 is 0 Å². The number of amides is 1. The van der Waals surface area contributed by atoms with Crippen LogP contribution in [0.2, 0.25) is 0 Å². The van der Waals surface area contributed by atoms with E-state index in [1.165, 1.54) is 11.4 Å². The lowest BCUT2D eigenvalue weighted by atomic mass is 10.00. The maximum Gasteiger partial charge on any atom is 0.264 e. The van der Waals surface area contributed by atoms with Crippen molar-refractivity contribution in [3.05, 3.63) is 48.0 Å². The lowest BCUT2D eigenvalue weighted by molar-refractivity contribution is 0.0938.